The van der Waals surface area contributed by atoms with E-state index in [4.69, 9.17) is 5.73 Å². The fraction of sp³-hybridized carbons (Fsp3) is 0.636. The van der Waals surface area contributed by atoms with Crippen LogP contribution < -0.4 is 5.73 Å². The van der Waals surface area contributed by atoms with Crippen LogP contribution in [0.2, 0.25) is 0 Å². The van der Waals surface area contributed by atoms with Gasteiger partial charge < -0.3 is 10.6 Å². The third-order valence-corrected chi connectivity index (χ3v) is 3.52. The number of nitrogens with two attached hydrogens (primary N) is 1. The molecule has 1 saturated heterocycles. The molecule has 1 fully saturated rings. The van der Waals surface area contributed by atoms with Gasteiger partial charge in [-0.15, -0.1) is 11.3 Å². The van der Waals surface area contributed by atoms with Crippen LogP contribution in [0.15, 0.2) is 10.9 Å². The van der Waals surface area contributed by atoms with Crippen molar-refractivity contribution >= 4 is 17.2 Å². The number of carbonyl (C=O) groups excluding carboxylic acids is 1. The zero-order chi connectivity index (χ0) is 11.4. The van der Waals surface area contributed by atoms with E-state index in [1.54, 1.807) is 16.8 Å². The molecular weight excluding hydrogens is 222 g/mol. The highest BCUT2D eigenvalue weighted by atomic mass is 32.1. The number of likely N-dealkylation sites (tertiary alicyclic amines) is 1. The Balaban J connectivity index is 1.79. The number of amides is 1. The second-order valence-electron chi connectivity index (χ2n) is 4.22. The Morgan fingerprint density at radius 1 is 1.69 bits per heavy atom. The molecule has 1 aromatic rings. The van der Waals surface area contributed by atoms with Crippen LogP contribution in [-0.2, 0) is 11.2 Å². The van der Waals surface area contributed by atoms with Crippen molar-refractivity contribution in [1.29, 1.82) is 0 Å². The molecule has 1 aliphatic heterocycles. The molecule has 16 heavy (non-hydrogen) atoms. The largest absolute Gasteiger partial charge is 0.341 e. The van der Waals surface area contributed by atoms with Crippen molar-refractivity contribution in [3.05, 3.63) is 16.6 Å². The Kier molecular flexibility index (Phi) is 3.90. The highest BCUT2D eigenvalue weighted by Gasteiger charge is 2.20. The van der Waals surface area contributed by atoms with Gasteiger partial charge in [0.2, 0.25) is 5.91 Å². The highest BCUT2D eigenvalue weighted by molar-refractivity contribution is 7.07. The van der Waals surface area contributed by atoms with Crippen molar-refractivity contribution in [2.24, 2.45) is 5.73 Å². The maximum absolute atomic E-state index is 11.9. The normalized spacial score (nSPS) is 21.1. The molecule has 0 aliphatic carbocycles. The van der Waals surface area contributed by atoms with E-state index in [1.165, 1.54) is 0 Å². The molecule has 5 heteroatoms. The summed E-state index contributed by atoms with van der Waals surface area (Å²) in [7, 11) is 0. The number of piperidine rings is 1. The third-order valence-electron chi connectivity index (χ3n) is 2.89. The first kappa shape index (κ1) is 11.5. The van der Waals surface area contributed by atoms with Gasteiger partial charge in [-0.2, -0.15) is 0 Å². The molecule has 2 N–H and O–H groups in total. The Morgan fingerprint density at radius 2 is 2.56 bits per heavy atom. The lowest BCUT2D eigenvalue weighted by Crippen LogP contribution is -2.45. The summed E-state index contributed by atoms with van der Waals surface area (Å²) < 4.78 is 0. The fourth-order valence-corrected chi connectivity index (χ4v) is 2.58. The van der Waals surface area contributed by atoms with Crippen molar-refractivity contribution in [2.75, 3.05) is 13.1 Å². The van der Waals surface area contributed by atoms with Gasteiger partial charge in [-0.25, -0.2) is 4.98 Å². The zero-order valence-electron chi connectivity index (χ0n) is 9.26. The number of hydrogen-bond acceptors (Lipinski definition) is 4. The molecule has 0 saturated carbocycles. The number of hydrogen-bond donors (Lipinski definition) is 1. The summed E-state index contributed by atoms with van der Waals surface area (Å²) in [5, 5.41) is 2.00. The number of nitrogens with zero attached hydrogens (tertiary/aromatic N) is 2. The molecule has 0 spiro atoms. The fourth-order valence-electron chi connectivity index (χ4n) is 1.99. The number of carbonyl (C=O) groups is 1. The molecule has 1 aliphatic rings. The minimum absolute atomic E-state index is 0.164. The van der Waals surface area contributed by atoms with Gasteiger partial charge in [0.05, 0.1) is 11.2 Å². The lowest BCUT2D eigenvalue weighted by atomic mass is 10.1. The lowest BCUT2D eigenvalue weighted by molar-refractivity contribution is -0.132. The predicted octanol–water partition coefficient (Wildman–Crippen LogP) is 1.03. The van der Waals surface area contributed by atoms with Gasteiger partial charge in [-0.05, 0) is 19.3 Å². The Morgan fingerprint density at radius 3 is 3.25 bits per heavy atom. The van der Waals surface area contributed by atoms with Crippen LogP contribution in [0.1, 0.15) is 25.0 Å². The second kappa shape index (κ2) is 5.41. The van der Waals surface area contributed by atoms with Crippen LogP contribution in [0.3, 0.4) is 0 Å². The Hall–Kier alpha value is -0.940. The lowest BCUT2D eigenvalue weighted by Gasteiger charge is -2.30. The zero-order valence-corrected chi connectivity index (χ0v) is 10.1. The number of aromatic nitrogens is 1. The molecule has 0 bridgehead atoms. The number of aryl methyl sites for hydroxylation is 1. The molecule has 1 aromatic heterocycles. The summed E-state index contributed by atoms with van der Waals surface area (Å²) in [5.74, 6) is 0.211. The minimum atomic E-state index is 0.164. The minimum Gasteiger partial charge on any atom is -0.341 e. The van der Waals surface area contributed by atoms with Gasteiger partial charge in [0, 0.05) is 30.9 Å². The smallest absolute Gasteiger partial charge is 0.223 e. The monoisotopic (exact) mass is 239 g/mol. The average molecular weight is 239 g/mol. The Labute approximate surface area is 99.5 Å². The van der Waals surface area contributed by atoms with E-state index < -0.39 is 0 Å². The van der Waals surface area contributed by atoms with Crippen molar-refractivity contribution in [2.45, 2.75) is 31.7 Å². The van der Waals surface area contributed by atoms with Gasteiger partial charge in [-0.1, -0.05) is 0 Å². The van der Waals surface area contributed by atoms with Crippen LogP contribution in [-0.4, -0.2) is 34.9 Å². The van der Waals surface area contributed by atoms with Crippen LogP contribution in [0.4, 0.5) is 0 Å². The van der Waals surface area contributed by atoms with Gasteiger partial charge >= 0.3 is 0 Å². The summed E-state index contributed by atoms with van der Waals surface area (Å²) in [6.07, 6.45) is 3.37. The molecular formula is C11H17N3OS. The topological polar surface area (TPSA) is 59.2 Å². The maximum Gasteiger partial charge on any atom is 0.223 e. The van der Waals surface area contributed by atoms with Crippen LogP contribution in [0, 0.1) is 0 Å². The molecule has 1 atom stereocenters. The predicted molar refractivity (Wildman–Crippen MR) is 64.2 cm³/mol. The van der Waals surface area contributed by atoms with Crippen molar-refractivity contribution in [3.8, 4) is 0 Å². The SMILES string of the molecule is NC1CCCN(C(=O)CCc2cscn2)C1. The van der Waals surface area contributed by atoms with E-state index in [0.29, 0.717) is 6.42 Å². The summed E-state index contributed by atoms with van der Waals surface area (Å²) in [6, 6.07) is 0.164. The van der Waals surface area contributed by atoms with E-state index >= 15 is 0 Å². The van der Waals surface area contributed by atoms with E-state index in [0.717, 1.165) is 38.0 Å². The molecule has 4 nitrogen and oxygen atoms in total. The molecule has 2 heterocycles. The summed E-state index contributed by atoms with van der Waals surface area (Å²) in [5.41, 5.74) is 8.66. The van der Waals surface area contributed by atoms with Crippen molar-refractivity contribution in [3.63, 3.8) is 0 Å². The third kappa shape index (κ3) is 3.02. The molecule has 88 valence electrons. The van der Waals surface area contributed by atoms with Crippen molar-refractivity contribution < 1.29 is 4.79 Å². The summed E-state index contributed by atoms with van der Waals surface area (Å²) >= 11 is 1.57. The highest BCUT2D eigenvalue weighted by Crippen LogP contribution is 2.11. The second-order valence-corrected chi connectivity index (χ2v) is 4.94. The molecule has 1 unspecified atom stereocenters. The van der Waals surface area contributed by atoms with Crippen LogP contribution in [0.5, 0.6) is 0 Å². The molecule has 2 rings (SSSR count). The Bertz CT molecular complexity index is 339. The first-order valence-corrected chi connectivity index (χ1v) is 6.60. The number of thiazole rings is 1. The van der Waals surface area contributed by atoms with E-state index in [9.17, 15) is 4.79 Å². The molecule has 0 aromatic carbocycles. The summed E-state index contributed by atoms with van der Waals surface area (Å²) in [6.45, 7) is 1.58. The van der Waals surface area contributed by atoms with Crippen LogP contribution in [0.25, 0.3) is 0 Å². The first-order valence-electron chi connectivity index (χ1n) is 5.66. The van der Waals surface area contributed by atoms with Crippen molar-refractivity contribution in [1.82, 2.24) is 9.88 Å². The maximum atomic E-state index is 11.9. The van der Waals surface area contributed by atoms with Gasteiger partial charge in [-0.3, -0.25) is 4.79 Å². The van der Waals surface area contributed by atoms with E-state index in [2.05, 4.69) is 4.98 Å². The van der Waals surface area contributed by atoms with Gasteiger partial charge in [0.25, 0.3) is 0 Å². The van der Waals surface area contributed by atoms with Gasteiger partial charge in [0.1, 0.15) is 0 Å². The van der Waals surface area contributed by atoms with E-state index in [-0.39, 0.29) is 11.9 Å². The standard InChI is InChI=1S/C11H17N3OS/c12-9-2-1-5-14(6-9)11(15)4-3-10-7-16-8-13-10/h7-9H,1-6,12H2. The van der Waals surface area contributed by atoms with Gasteiger partial charge in [0.15, 0.2) is 0 Å². The summed E-state index contributed by atoms with van der Waals surface area (Å²) in [4.78, 5) is 17.9. The first-order chi connectivity index (χ1) is 7.75. The quantitative estimate of drug-likeness (QED) is 0.857. The average Bonchev–Trinajstić information content (AvgIpc) is 2.78. The van der Waals surface area contributed by atoms with E-state index in [1.807, 2.05) is 10.3 Å². The molecule has 1 amide bonds. The molecule has 0 radical (unpaired) electrons. The number of rotatable bonds is 3. The van der Waals surface area contributed by atoms with Crippen LogP contribution >= 0.6 is 11.3 Å².